The van der Waals surface area contributed by atoms with E-state index in [2.05, 4.69) is 5.32 Å². The maximum Gasteiger partial charge on any atom is 0.356 e. The molecule has 5 atom stereocenters. The zero-order valence-corrected chi connectivity index (χ0v) is 24.1. The number of Topliss-reactive ketones (excluding diaryl/α,β-unsaturated/α-hetero) is 1. The molecule has 2 aliphatic heterocycles. The minimum absolute atomic E-state index is 0.0701. The number of ketones is 1. The number of esters is 1. The molecule has 0 saturated carbocycles. The molecule has 2 aliphatic rings. The van der Waals surface area contributed by atoms with Gasteiger partial charge in [-0.2, -0.15) is 0 Å². The Morgan fingerprint density at radius 2 is 1.81 bits per heavy atom. The summed E-state index contributed by atoms with van der Waals surface area (Å²) in [7, 11) is 3.09. The first-order chi connectivity index (χ1) is 20.3. The fourth-order valence-corrected chi connectivity index (χ4v) is 5.79. The zero-order chi connectivity index (χ0) is 30.1. The van der Waals surface area contributed by atoms with Crippen molar-refractivity contribution >= 4 is 35.3 Å². The second-order valence-electron chi connectivity index (χ2n) is 9.67. The molecule has 0 bridgehead atoms. The van der Waals surface area contributed by atoms with Gasteiger partial charge in [-0.05, 0) is 42.7 Å². The van der Waals surface area contributed by atoms with E-state index in [0.717, 1.165) is 16.7 Å². The SMILES string of the molecule is COCC1CCC(C(=O)CS[C@@H]2[C@H](NC(=O)COc3ccccc3)C(=O)N2C(O)C(=O)OCc2ccc(OC)cc2)O1. The Hall–Kier alpha value is -3.65. The van der Waals surface area contributed by atoms with Gasteiger partial charge in [0.05, 0.1) is 25.6 Å². The van der Waals surface area contributed by atoms with Gasteiger partial charge < -0.3 is 34.1 Å². The van der Waals surface area contributed by atoms with Crippen molar-refractivity contribution in [2.45, 2.75) is 49.3 Å². The van der Waals surface area contributed by atoms with Gasteiger partial charge in [-0.15, -0.1) is 11.8 Å². The second-order valence-corrected chi connectivity index (χ2v) is 10.8. The first kappa shape index (κ1) is 31.3. The number of nitrogens with one attached hydrogen (secondary N) is 1. The molecule has 0 aliphatic carbocycles. The number of carbonyl (C=O) groups is 4. The molecule has 12 nitrogen and oxygen atoms in total. The molecule has 4 rings (SSSR count). The van der Waals surface area contributed by atoms with Crippen LogP contribution in [0.5, 0.6) is 11.5 Å². The minimum atomic E-state index is -1.94. The Kier molecular flexibility index (Phi) is 11.2. The van der Waals surface area contributed by atoms with Crippen LogP contribution in [-0.4, -0.2) is 96.6 Å². The van der Waals surface area contributed by atoms with E-state index in [-0.39, 0.29) is 30.9 Å². The fraction of sp³-hybridized carbons (Fsp3) is 0.448. The van der Waals surface area contributed by atoms with E-state index in [1.54, 1.807) is 61.7 Å². The average Bonchev–Trinajstić information content (AvgIpc) is 3.49. The Morgan fingerprint density at radius 3 is 2.50 bits per heavy atom. The lowest BCUT2D eigenvalue weighted by Crippen LogP contribution is -2.73. The number of β-lactam (4-membered cyclic amide) rings is 1. The molecule has 0 spiro atoms. The lowest BCUT2D eigenvalue weighted by Gasteiger charge is -2.47. The highest BCUT2D eigenvalue weighted by Crippen LogP contribution is 2.33. The number of hydrogen-bond donors (Lipinski definition) is 2. The number of likely N-dealkylation sites (tertiary alicyclic amines) is 1. The molecule has 226 valence electrons. The number of hydrogen-bond acceptors (Lipinski definition) is 11. The van der Waals surface area contributed by atoms with Crippen molar-refractivity contribution in [1.82, 2.24) is 10.2 Å². The Balaban J connectivity index is 1.37. The van der Waals surface area contributed by atoms with E-state index < -0.39 is 41.5 Å². The minimum Gasteiger partial charge on any atom is -0.497 e. The largest absolute Gasteiger partial charge is 0.497 e. The number of carbonyl (C=O) groups excluding carboxylic acids is 4. The van der Waals surface area contributed by atoms with Crippen LogP contribution in [0.1, 0.15) is 18.4 Å². The normalized spacial score (nSPS) is 22.2. The van der Waals surface area contributed by atoms with Gasteiger partial charge in [-0.3, -0.25) is 19.3 Å². The van der Waals surface area contributed by atoms with Gasteiger partial charge in [-0.1, -0.05) is 30.3 Å². The summed E-state index contributed by atoms with van der Waals surface area (Å²) in [5, 5.41) is 12.4. The van der Waals surface area contributed by atoms with Crippen LogP contribution < -0.4 is 14.8 Å². The Morgan fingerprint density at radius 1 is 1.07 bits per heavy atom. The number of ether oxygens (including phenoxy) is 5. The predicted octanol–water partition coefficient (Wildman–Crippen LogP) is 1.29. The lowest BCUT2D eigenvalue weighted by atomic mass is 10.1. The van der Waals surface area contributed by atoms with Crippen molar-refractivity contribution in [3.05, 3.63) is 60.2 Å². The molecule has 13 heteroatoms. The smallest absolute Gasteiger partial charge is 0.356 e. The standard InChI is InChI=1S/C29H34N2O10S/c1-37-15-21-12-13-23(41-21)22(32)17-42-28-25(30-24(33)16-39-20-6-4-3-5-7-20)26(34)31(28)27(35)29(36)40-14-18-8-10-19(38-2)11-9-18/h3-11,21,23,25,27-28,35H,12-17H2,1-2H3,(H,30,33)/t21?,23?,25-,27?,28-/m1/s1. The summed E-state index contributed by atoms with van der Waals surface area (Å²) in [5.41, 5.74) is 0.648. The summed E-state index contributed by atoms with van der Waals surface area (Å²) >= 11 is 1.02. The summed E-state index contributed by atoms with van der Waals surface area (Å²) in [5.74, 6) is -1.48. The third-order valence-electron chi connectivity index (χ3n) is 6.74. The number of para-hydroxylation sites is 1. The first-order valence-corrected chi connectivity index (χ1v) is 14.4. The third kappa shape index (κ3) is 8.00. The quantitative estimate of drug-likeness (QED) is 0.224. The number of thioether (sulfide) groups is 1. The monoisotopic (exact) mass is 602 g/mol. The van der Waals surface area contributed by atoms with Gasteiger partial charge in [0.15, 0.2) is 12.4 Å². The lowest BCUT2D eigenvalue weighted by molar-refractivity contribution is -0.183. The number of aliphatic hydroxyl groups excluding tert-OH is 1. The average molecular weight is 603 g/mol. The molecule has 0 radical (unpaired) electrons. The van der Waals surface area contributed by atoms with Gasteiger partial charge in [0, 0.05) is 7.11 Å². The van der Waals surface area contributed by atoms with Crippen molar-refractivity contribution in [3.8, 4) is 11.5 Å². The van der Waals surface area contributed by atoms with Crippen LogP contribution in [0.2, 0.25) is 0 Å². The molecular weight excluding hydrogens is 568 g/mol. The maximum atomic E-state index is 13.0. The Bertz CT molecular complexity index is 1230. The summed E-state index contributed by atoms with van der Waals surface area (Å²) < 4.78 is 26.6. The van der Waals surface area contributed by atoms with Gasteiger partial charge in [-0.25, -0.2) is 4.79 Å². The number of methoxy groups -OCH3 is 2. The van der Waals surface area contributed by atoms with Crippen molar-refractivity contribution in [2.24, 2.45) is 0 Å². The molecule has 2 N–H and O–H groups in total. The van der Waals surface area contributed by atoms with Crippen LogP contribution in [0.25, 0.3) is 0 Å². The van der Waals surface area contributed by atoms with Crippen molar-refractivity contribution < 1.29 is 48.0 Å². The van der Waals surface area contributed by atoms with E-state index in [1.807, 2.05) is 0 Å². The van der Waals surface area contributed by atoms with E-state index in [0.29, 0.717) is 36.5 Å². The molecular formula is C29H34N2O10S. The van der Waals surface area contributed by atoms with E-state index in [9.17, 15) is 24.3 Å². The first-order valence-electron chi connectivity index (χ1n) is 13.4. The van der Waals surface area contributed by atoms with Crippen molar-refractivity contribution in [1.29, 1.82) is 0 Å². The molecule has 2 fully saturated rings. The van der Waals surface area contributed by atoms with Gasteiger partial charge in [0.1, 0.15) is 35.6 Å². The van der Waals surface area contributed by atoms with Crippen LogP contribution in [0.3, 0.4) is 0 Å². The van der Waals surface area contributed by atoms with Crippen LogP contribution in [0.15, 0.2) is 54.6 Å². The number of rotatable bonds is 15. The molecule has 2 saturated heterocycles. The molecule has 42 heavy (non-hydrogen) atoms. The van der Waals surface area contributed by atoms with Crippen LogP contribution >= 0.6 is 11.8 Å². The van der Waals surface area contributed by atoms with Crippen LogP contribution in [-0.2, 0) is 40.0 Å². The van der Waals surface area contributed by atoms with E-state index >= 15 is 0 Å². The summed E-state index contributed by atoms with van der Waals surface area (Å²) in [6.07, 6.45) is -1.51. The molecule has 2 amide bonds. The highest BCUT2D eigenvalue weighted by molar-refractivity contribution is 8.00. The highest BCUT2D eigenvalue weighted by atomic mass is 32.2. The van der Waals surface area contributed by atoms with Crippen LogP contribution in [0, 0.1) is 0 Å². The molecule has 2 aromatic carbocycles. The predicted molar refractivity (Wildman–Crippen MR) is 151 cm³/mol. The van der Waals surface area contributed by atoms with Gasteiger partial charge in [0.2, 0.25) is 6.23 Å². The van der Waals surface area contributed by atoms with Crippen LogP contribution in [0.4, 0.5) is 0 Å². The zero-order valence-electron chi connectivity index (χ0n) is 23.3. The Labute approximate surface area is 247 Å². The van der Waals surface area contributed by atoms with Crippen molar-refractivity contribution in [2.75, 3.05) is 33.2 Å². The van der Waals surface area contributed by atoms with E-state index in [1.165, 1.54) is 7.11 Å². The summed E-state index contributed by atoms with van der Waals surface area (Å²) in [6, 6.07) is 14.4. The summed E-state index contributed by atoms with van der Waals surface area (Å²) in [6.45, 7) is -0.115. The second kappa shape index (κ2) is 15.0. The maximum absolute atomic E-state index is 13.0. The summed E-state index contributed by atoms with van der Waals surface area (Å²) in [4.78, 5) is 52.1. The highest BCUT2D eigenvalue weighted by Gasteiger charge is 2.53. The molecule has 3 unspecified atom stereocenters. The molecule has 0 aromatic heterocycles. The topological polar surface area (TPSA) is 150 Å². The number of amides is 2. The number of nitrogens with zero attached hydrogens (tertiary/aromatic N) is 1. The third-order valence-corrected chi connectivity index (χ3v) is 8.03. The number of aliphatic hydroxyl groups is 1. The van der Waals surface area contributed by atoms with Gasteiger partial charge >= 0.3 is 5.97 Å². The molecule has 2 heterocycles. The van der Waals surface area contributed by atoms with E-state index in [4.69, 9.17) is 23.7 Å². The number of benzene rings is 2. The van der Waals surface area contributed by atoms with Crippen molar-refractivity contribution in [3.63, 3.8) is 0 Å². The fourth-order valence-electron chi connectivity index (χ4n) is 4.51. The van der Waals surface area contributed by atoms with Gasteiger partial charge in [0.25, 0.3) is 11.8 Å². The molecule has 2 aromatic rings.